The lowest BCUT2D eigenvalue weighted by atomic mass is 10.0. The molecule has 4 heteroatoms. The summed E-state index contributed by atoms with van der Waals surface area (Å²) in [6.45, 7) is 0.954. The van der Waals surface area contributed by atoms with E-state index in [2.05, 4.69) is 0 Å². The normalized spacial score (nSPS) is 26.5. The molecule has 1 aromatic carbocycles. The second kappa shape index (κ2) is 5.19. The van der Waals surface area contributed by atoms with E-state index in [0.29, 0.717) is 12.5 Å². The third kappa shape index (κ3) is 2.88. The molecule has 19 heavy (non-hydrogen) atoms. The Balaban J connectivity index is 1.51. The van der Waals surface area contributed by atoms with Crippen molar-refractivity contribution in [2.45, 2.75) is 25.6 Å². The first-order valence-electron chi connectivity index (χ1n) is 6.84. The first kappa shape index (κ1) is 12.5. The summed E-state index contributed by atoms with van der Waals surface area (Å²) >= 11 is 0. The number of hydrogen-bond acceptors (Lipinski definition) is 2. The molecule has 3 nitrogen and oxygen atoms in total. The summed E-state index contributed by atoms with van der Waals surface area (Å²) in [7, 11) is 0. The average Bonchev–Trinajstić information content (AvgIpc) is 3.20. The lowest BCUT2D eigenvalue weighted by Crippen LogP contribution is -2.29. The maximum Gasteiger partial charge on any atom is 0.410 e. The van der Waals surface area contributed by atoms with Gasteiger partial charge in [0.15, 0.2) is 0 Å². The zero-order valence-corrected chi connectivity index (χ0v) is 10.8. The van der Waals surface area contributed by atoms with E-state index in [1.54, 1.807) is 0 Å². The molecule has 3 rings (SSSR count). The van der Waals surface area contributed by atoms with Gasteiger partial charge in [0.25, 0.3) is 0 Å². The van der Waals surface area contributed by atoms with Gasteiger partial charge in [-0.1, -0.05) is 30.3 Å². The largest absolute Gasteiger partial charge is 0.445 e. The van der Waals surface area contributed by atoms with Gasteiger partial charge in [-0.15, -0.1) is 0 Å². The van der Waals surface area contributed by atoms with Crippen LogP contribution in [0.25, 0.3) is 0 Å². The van der Waals surface area contributed by atoms with Gasteiger partial charge in [-0.05, 0) is 24.3 Å². The van der Waals surface area contributed by atoms with Gasteiger partial charge in [-0.2, -0.15) is 0 Å². The molecule has 1 heterocycles. The van der Waals surface area contributed by atoms with Crippen LogP contribution in [-0.2, 0) is 11.3 Å². The van der Waals surface area contributed by atoms with E-state index in [1.165, 1.54) is 4.90 Å². The zero-order chi connectivity index (χ0) is 13.2. The molecule has 1 saturated heterocycles. The smallest absolute Gasteiger partial charge is 0.410 e. The highest BCUT2D eigenvalue weighted by molar-refractivity contribution is 5.68. The summed E-state index contributed by atoms with van der Waals surface area (Å²) < 4.78 is 19.0. The second-order valence-electron chi connectivity index (χ2n) is 5.46. The molecule has 0 bridgehead atoms. The maximum atomic E-state index is 13.8. The number of ether oxygens (including phenoxy) is 1. The van der Waals surface area contributed by atoms with Crippen LogP contribution in [0.1, 0.15) is 18.4 Å². The summed E-state index contributed by atoms with van der Waals surface area (Å²) in [6, 6.07) is 9.53. The summed E-state index contributed by atoms with van der Waals surface area (Å²) in [5, 5.41) is 0. The standard InChI is InChI=1S/C15H18FNO2/c16-14-9-17(8-13(14)12-6-7-12)15(18)19-10-11-4-2-1-3-5-11/h1-5,12-14H,6-10H2/t13-,14-/m1/s1. The molecule has 0 unspecified atom stereocenters. The van der Waals surface area contributed by atoms with E-state index in [-0.39, 0.29) is 19.1 Å². The summed E-state index contributed by atoms with van der Waals surface area (Å²) in [6.07, 6.45) is 0.946. The minimum atomic E-state index is -0.878. The number of rotatable bonds is 3. The van der Waals surface area contributed by atoms with Gasteiger partial charge in [0, 0.05) is 12.5 Å². The monoisotopic (exact) mass is 263 g/mol. The predicted molar refractivity (Wildman–Crippen MR) is 69.3 cm³/mol. The van der Waals surface area contributed by atoms with Crippen LogP contribution in [0, 0.1) is 11.8 Å². The Bertz CT molecular complexity index is 447. The first-order chi connectivity index (χ1) is 9.24. The van der Waals surface area contributed by atoms with Crippen molar-refractivity contribution in [1.29, 1.82) is 0 Å². The third-order valence-electron chi connectivity index (χ3n) is 3.98. The molecule has 1 aliphatic carbocycles. The molecule has 102 valence electrons. The van der Waals surface area contributed by atoms with Gasteiger partial charge in [0.1, 0.15) is 12.8 Å². The third-order valence-corrected chi connectivity index (χ3v) is 3.98. The number of carbonyl (C=O) groups is 1. The zero-order valence-electron chi connectivity index (χ0n) is 10.8. The number of halogens is 1. The van der Waals surface area contributed by atoms with Crippen LogP contribution < -0.4 is 0 Å². The van der Waals surface area contributed by atoms with E-state index in [9.17, 15) is 9.18 Å². The average molecular weight is 263 g/mol. The highest BCUT2D eigenvalue weighted by Gasteiger charge is 2.44. The minimum absolute atomic E-state index is 0.0317. The Morgan fingerprint density at radius 1 is 1.26 bits per heavy atom. The maximum absolute atomic E-state index is 13.8. The van der Waals surface area contributed by atoms with Crippen molar-refractivity contribution in [3.8, 4) is 0 Å². The van der Waals surface area contributed by atoms with Crippen LogP contribution in [0.15, 0.2) is 30.3 Å². The molecule has 0 radical (unpaired) electrons. The molecule has 1 amide bonds. The van der Waals surface area contributed by atoms with Crippen molar-refractivity contribution >= 4 is 6.09 Å². The number of likely N-dealkylation sites (tertiary alicyclic amines) is 1. The highest BCUT2D eigenvalue weighted by Crippen LogP contribution is 2.42. The fourth-order valence-electron chi connectivity index (χ4n) is 2.72. The lowest BCUT2D eigenvalue weighted by molar-refractivity contribution is 0.101. The van der Waals surface area contributed by atoms with Crippen LogP contribution in [0.4, 0.5) is 9.18 Å². The lowest BCUT2D eigenvalue weighted by Gasteiger charge is -2.15. The molecular formula is C15H18FNO2. The SMILES string of the molecule is O=C(OCc1ccccc1)N1C[C@@H](F)[C@@H](C2CC2)C1. The quantitative estimate of drug-likeness (QED) is 0.839. The Morgan fingerprint density at radius 3 is 2.68 bits per heavy atom. The van der Waals surface area contributed by atoms with Gasteiger partial charge < -0.3 is 9.64 Å². The van der Waals surface area contributed by atoms with Crippen LogP contribution >= 0.6 is 0 Å². The van der Waals surface area contributed by atoms with Gasteiger partial charge in [-0.25, -0.2) is 9.18 Å². The number of nitrogens with zero attached hydrogens (tertiary/aromatic N) is 1. The Labute approximate surface area is 112 Å². The van der Waals surface area contributed by atoms with E-state index >= 15 is 0 Å². The topological polar surface area (TPSA) is 29.5 Å². The fourth-order valence-corrected chi connectivity index (χ4v) is 2.72. The van der Waals surface area contributed by atoms with Crippen molar-refractivity contribution in [3.05, 3.63) is 35.9 Å². The van der Waals surface area contributed by atoms with Crippen molar-refractivity contribution < 1.29 is 13.9 Å². The van der Waals surface area contributed by atoms with Crippen LogP contribution in [-0.4, -0.2) is 30.3 Å². The molecular weight excluding hydrogens is 245 g/mol. The fraction of sp³-hybridized carbons (Fsp3) is 0.533. The van der Waals surface area contributed by atoms with E-state index in [0.717, 1.165) is 18.4 Å². The molecule has 0 spiro atoms. The van der Waals surface area contributed by atoms with Gasteiger partial charge in [0.05, 0.1) is 6.54 Å². The molecule has 0 aromatic heterocycles. The number of carbonyl (C=O) groups excluding carboxylic acids is 1. The van der Waals surface area contributed by atoms with E-state index < -0.39 is 12.3 Å². The van der Waals surface area contributed by atoms with Crippen LogP contribution in [0.3, 0.4) is 0 Å². The second-order valence-corrected chi connectivity index (χ2v) is 5.46. The Hall–Kier alpha value is -1.58. The summed E-state index contributed by atoms with van der Waals surface area (Å²) in [4.78, 5) is 13.4. The number of alkyl halides is 1. The molecule has 2 fully saturated rings. The number of benzene rings is 1. The molecule has 1 aliphatic heterocycles. The Kier molecular flexibility index (Phi) is 3.40. The van der Waals surface area contributed by atoms with E-state index in [1.807, 2.05) is 30.3 Å². The number of hydrogen-bond donors (Lipinski definition) is 0. The van der Waals surface area contributed by atoms with Crippen molar-refractivity contribution in [1.82, 2.24) is 4.90 Å². The van der Waals surface area contributed by atoms with E-state index in [4.69, 9.17) is 4.74 Å². The van der Waals surface area contributed by atoms with Crippen LogP contribution in [0.2, 0.25) is 0 Å². The number of amides is 1. The summed E-state index contributed by atoms with van der Waals surface area (Å²) in [5.41, 5.74) is 0.950. The van der Waals surface area contributed by atoms with Gasteiger partial charge >= 0.3 is 6.09 Å². The van der Waals surface area contributed by atoms with Crippen molar-refractivity contribution in [2.24, 2.45) is 11.8 Å². The predicted octanol–water partition coefficient (Wildman–Crippen LogP) is 3.00. The minimum Gasteiger partial charge on any atom is -0.445 e. The van der Waals surface area contributed by atoms with Crippen molar-refractivity contribution in [2.75, 3.05) is 13.1 Å². The molecule has 1 aromatic rings. The molecule has 2 aliphatic rings. The van der Waals surface area contributed by atoms with Gasteiger partial charge in [-0.3, -0.25) is 0 Å². The Morgan fingerprint density at radius 2 is 2.00 bits per heavy atom. The van der Waals surface area contributed by atoms with Crippen LogP contribution in [0.5, 0.6) is 0 Å². The first-order valence-corrected chi connectivity index (χ1v) is 6.84. The molecule has 0 N–H and O–H groups in total. The van der Waals surface area contributed by atoms with Crippen molar-refractivity contribution in [3.63, 3.8) is 0 Å². The highest BCUT2D eigenvalue weighted by atomic mass is 19.1. The molecule has 1 saturated carbocycles. The molecule has 2 atom stereocenters. The van der Waals surface area contributed by atoms with Gasteiger partial charge in [0.2, 0.25) is 0 Å². The summed E-state index contributed by atoms with van der Waals surface area (Å²) in [5.74, 6) is 0.520.